The molecule has 0 aliphatic carbocycles. The highest BCUT2D eigenvalue weighted by Crippen LogP contribution is 2.10. The molecule has 0 aromatic carbocycles. The fourth-order valence-electron chi connectivity index (χ4n) is 2.06. The van der Waals surface area contributed by atoms with E-state index < -0.39 is 0 Å². The molecule has 1 N–H and O–H groups in total. The molecule has 2 unspecified atom stereocenters. The van der Waals surface area contributed by atoms with Crippen molar-refractivity contribution in [3.8, 4) is 0 Å². The lowest BCUT2D eigenvalue weighted by molar-refractivity contribution is -0.108. The van der Waals surface area contributed by atoms with Crippen LogP contribution in [0, 0.1) is 0 Å². The molecule has 100 valence electrons. The van der Waals surface area contributed by atoms with Crippen LogP contribution < -0.4 is 5.32 Å². The number of carbonyl (C=O) groups is 1. The van der Waals surface area contributed by atoms with E-state index in [1.807, 2.05) is 12.2 Å². The Morgan fingerprint density at radius 3 is 2.67 bits per heavy atom. The maximum atomic E-state index is 10.3. The minimum atomic E-state index is 0.290. The first-order valence-electron chi connectivity index (χ1n) is 6.23. The van der Waals surface area contributed by atoms with Gasteiger partial charge in [-0.25, -0.2) is 0 Å². The summed E-state index contributed by atoms with van der Waals surface area (Å²) in [5.74, 6) is 0. The van der Waals surface area contributed by atoms with Crippen LogP contribution in [0.15, 0.2) is 36.6 Å². The molecule has 1 fully saturated rings. The first-order valence-corrected chi connectivity index (χ1v) is 6.23. The van der Waals surface area contributed by atoms with E-state index in [4.69, 9.17) is 4.74 Å². The van der Waals surface area contributed by atoms with Crippen molar-refractivity contribution in [3.63, 3.8) is 0 Å². The zero-order valence-electron chi connectivity index (χ0n) is 11.1. The monoisotopic (exact) mass is 250 g/mol. The first kappa shape index (κ1) is 14.7. The molecule has 1 amide bonds. The fourth-order valence-corrected chi connectivity index (χ4v) is 2.06. The van der Waals surface area contributed by atoms with Gasteiger partial charge in [0.2, 0.25) is 6.41 Å². The molecular formula is C14H22N2O2. The molecule has 2 atom stereocenters. The molecule has 0 aromatic heterocycles. The van der Waals surface area contributed by atoms with E-state index in [2.05, 4.69) is 36.7 Å². The number of hydrogen-bond donors (Lipinski definition) is 1. The van der Waals surface area contributed by atoms with Gasteiger partial charge in [0.15, 0.2) is 0 Å². The van der Waals surface area contributed by atoms with Crippen LogP contribution >= 0.6 is 0 Å². The van der Waals surface area contributed by atoms with Crippen LogP contribution in [0.4, 0.5) is 0 Å². The Labute approximate surface area is 109 Å². The summed E-state index contributed by atoms with van der Waals surface area (Å²) in [6, 6.07) is 0. The van der Waals surface area contributed by atoms with Gasteiger partial charge in [-0.3, -0.25) is 9.69 Å². The van der Waals surface area contributed by atoms with Gasteiger partial charge in [0, 0.05) is 25.3 Å². The average Bonchev–Trinajstić information content (AvgIpc) is 2.32. The summed E-state index contributed by atoms with van der Waals surface area (Å²) in [5.41, 5.74) is 0.699. The van der Waals surface area contributed by atoms with E-state index in [0.29, 0.717) is 12.1 Å². The Morgan fingerprint density at radius 1 is 1.44 bits per heavy atom. The van der Waals surface area contributed by atoms with Crippen molar-refractivity contribution in [2.75, 3.05) is 19.6 Å². The van der Waals surface area contributed by atoms with Gasteiger partial charge in [-0.05, 0) is 26.0 Å². The summed E-state index contributed by atoms with van der Waals surface area (Å²) < 4.78 is 5.67. The van der Waals surface area contributed by atoms with Gasteiger partial charge in [0.1, 0.15) is 0 Å². The van der Waals surface area contributed by atoms with Crippen molar-refractivity contribution in [2.24, 2.45) is 0 Å². The van der Waals surface area contributed by atoms with Crippen LogP contribution in [0.25, 0.3) is 0 Å². The smallest absolute Gasteiger partial charge is 0.211 e. The molecule has 0 saturated carbocycles. The summed E-state index contributed by atoms with van der Waals surface area (Å²) in [6.45, 7) is 10.6. The summed E-state index contributed by atoms with van der Waals surface area (Å²) >= 11 is 0. The van der Waals surface area contributed by atoms with E-state index in [1.165, 1.54) is 0 Å². The van der Waals surface area contributed by atoms with E-state index in [0.717, 1.165) is 19.6 Å². The van der Waals surface area contributed by atoms with Crippen LogP contribution in [-0.4, -0.2) is 43.2 Å². The molecule has 1 aliphatic heterocycles. The third kappa shape index (κ3) is 5.29. The number of nitrogens with zero attached hydrogens (tertiary/aromatic N) is 1. The normalized spacial score (nSPS) is 26.2. The molecule has 1 rings (SSSR count). The highest BCUT2D eigenvalue weighted by Gasteiger charge is 2.20. The van der Waals surface area contributed by atoms with Crippen LogP contribution in [0.2, 0.25) is 0 Å². The quantitative estimate of drug-likeness (QED) is 0.573. The number of ether oxygens (including phenoxy) is 1. The summed E-state index contributed by atoms with van der Waals surface area (Å²) in [4.78, 5) is 12.6. The van der Waals surface area contributed by atoms with Gasteiger partial charge in [-0.1, -0.05) is 18.7 Å². The molecule has 4 nitrogen and oxygen atoms in total. The molecule has 0 radical (unpaired) electrons. The van der Waals surface area contributed by atoms with Gasteiger partial charge in [0.05, 0.1) is 12.2 Å². The second-order valence-corrected chi connectivity index (χ2v) is 4.49. The van der Waals surface area contributed by atoms with Crippen LogP contribution in [0.5, 0.6) is 0 Å². The standard InChI is InChI=1S/C14H22N2O2/c1-4-14(15-11-17)7-5-6-8-16-9-12(2)18-13(3)10-16/h4-7,11-13H,1,8-10H2,2-3H3,(H,15,17)/b6-5-,14-7+. The van der Waals surface area contributed by atoms with Gasteiger partial charge in [-0.15, -0.1) is 0 Å². The molecule has 1 saturated heterocycles. The second kappa shape index (κ2) is 7.84. The van der Waals surface area contributed by atoms with Gasteiger partial charge < -0.3 is 10.1 Å². The SMILES string of the molecule is C=C/C(=C\C=C/CN1CC(C)OC(C)C1)NC=O. The Balaban J connectivity index is 2.39. The van der Waals surface area contributed by atoms with Crippen molar-refractivity contribution in [1.29, 1.82) is 0 Å². The summed E-state index contributed by atoms with van der Waals surface area (Å²) in [6.07, 6.45) is 8.66. The number of carbonyl (C=O) groups excluding carboxylic acids is 1. The number of amides is 1. The Morgan fingerprint density at radius 2 is 2.11 bits per heavy atom. The number of allylic oxidation sites excluding steroid dienone is 3. The van der Waals surface area contributed by atoms with Crippen LogP contribution in [0.1, 0.15) is 13.8 Å². The topological polar surface area (TPSA) is 41.6 Å². The lowest BCUT2D eigenvalue weighted by Gasteiger charge is -2.34. The van der Waals surface area contributed by atoms with Crippen molar-refractivity contribution < 1.29 is 9.53 Å². The Kier molecular flexibility index (Phi) is 6.39. The molecule has 18 heavy (non-hydrogen) atoms. The van der Waals surface area contributed by atoms with Gasteiger partial charge in [-0.2, -0.15) is 0 Å². The third-order valence-electron chi connectivity index (χ3n) is 2.72. The van der Waals surface area contributed by atoms with Gasteiger partial charge in [0.25, 0.3) is 0 Å². The molecule has 0 bridgehead atoms. The lowest BCUT2D eigenvalue weighted by atomic mass is 10.2. The maximum absolute atomic E-state index is 10.3. The van der Waals surface area contributed by atoms with Crippen molar-refractivity contribution in [2.45, 2.75) is 26.1 Å². The van der Waals surface area contributed by atoms with Crippen LogP contribution in [-0.2, 0) is 9.53 Å². The third-order valence-corrected chi connectivity index (χ3v) is 2.72. The molecule has 0 spiro atoms. The number of hydrogen-bond acceptors (Lipinski definition) is 3. The summed E-state index contributed by atoms with van der Waals surface area (Å²) in [7, 11) is 0. The zero-order chi connectivity index (χ0) is 13.4. The molecular weight excluding hydrogens is 228 g/mol. The average molecular weight is 250 g/mol. The van der Waals surface area contributed by atoms with Crippen molar-refractivity contribution in [3.05, 3.63) is 36.6 Å². The molecule has 1 heterocycles. The molecule has 4 heteroatoms. The van der Waals surface area contributed by atoms with E-state index in [1.54, 1.807) is 6.08 Å². The highest BCUT2D eigenvalue weighted by atomic mass is 16.5. The Hall–Kier alpha value is -1.39. The number of rotatable bonds is 6. The Bertz CT molecular complexity index is 327. The van der Waals surface area contributed by atoms with Crippen LogP contribution in [0.3, 0.4) is 0 Å². The van der Waals surface area contributed by atoms with Crippen molar-refractivity contribution >= 4 is 6.41 Å². The number of morpholine rings is 1. The van der Waals surface area contributed by atoms with Gasteiger partial charge >= 0.3 is 0 Å². The zero-order valence-corrected chi connectivity index (χ0v) is 11.1. The molecule has 0 aromatic rings. The minimum Gasteiger partial charge on any atom is -0.373 e. The second-order valence-electron chi connectivity index (χ2n) is 4.49. The summed E-state index contributed by atoms with van der Waals surface area (Å²) in [5, 5.41) is 2.56. The predicted octanol–water partition coefficient (Wildman–Crippen LogP) is 1.47. The molecule has 1 aliphatic rings. The van der Waals surface area contributed by atoms with E-state index in [9.17, 15) is 4.79 Å². The van der Waals surface area contributed by atoms with E-state index in [-0.39, 0.29) is 12.2 Å². The first-order chi connectivity index (χ1) is 8.65. The maximum Gasteiger partial charge on any atom is 0.211 e. The number of nitrogens with one attached hydrogen (secondary N) is 1. The predicted molar refractivity (Wildman–Crippen MR) is 73.1 cm³/mol. The van der Waals surface area contributed by atoms with Crippen molar-refractivity contribution in [1.82, 2.24) is 10.2 Å². The van der Waals surface area contributed by atoms with E-state index >= 15 is 0 Å². The fraction of sp³-hybridized carbons (Fsp3) is 0.500. The lowest BCUT2D eigenvalue weighted by Crippen LogP contribution is -2.45. The highest BCUT2D eigenvalue weighted by molar-refractivity contribution is 5.52. The minimum absolute atomic E-state index is 0.290. The largest absolute Gasteiger partial charge is 0.373 e.